The second-order valence-corrected chi connectivity index (χ2v) is 25.2. The van der Waals surface area contributed by atoms with Crippen molar-refractivity contribution in [3.63, 3.8) is 0 Å². The van der Waals surface area contributed by atoms with Gasteiger partial charge < -0.3 is 31.5 Å². The molecule has 0 aliphatic heterocycles. The number of fused-ring (bicyclic) bond motifs is 21. The standard InChI is InChI=1S/C85H52N4O3/c1-49-13-12-19-63-60-16-4-11-24-76(60)89(85(49)63)57-32-40-82-69(48-57)67-44-53(28-36-80(67)91-82)51-26-34-78-65(42-51)62-18-6-10-23-75(62)88(78)56-31-39-84-71(47-56)70-46-55(30-38-83(70)92-84)87-74-22-9-5-17-61(74)64-41-50(25-33-77(64)87)52-27-35-79-66(43-52)68-45-54(29-37-81(68)90-79)86-72-20-7-2-14-58(72)59-15-3-8-21-73(59)86/h2-12,14-49H,13H2,1H3. The molecule has 0 spiro atoms. The van der Waals surface area contributed by atoms with Crippen LogP contribution in [0.1, 0.15) is 30.5 Å². The highest BCUT2D eigenvalue weighted by atomic mass is 16.3. The van der Waals surface area contributed by atoms with Crippen LogP contribution in [0.4, 0.5) is 0 Å². The lowest BCUT2D eigenvalue weighted by Gasteiger charge is -2.19. The van der Waals surface area contributed by atoms with Gasteiger partial charge in [0.15, 0.2) is 0 Å². The summed E-state index contributed by atoms with van der Waals surface area (Å²) in [6.45, 7) is 2.34. The number of nitrogens with zero attached hydrogens (tertiary/aromatic N) is 4. The molecule has 7 heterocycles. The Morgan fingerprint density at radius 1 is 0.261 bits per heavy atom. The summed E-state index contributed by atoms with van der Waals surface area (Å²) >= 11 is 0. The van der Waals surface area contributed by atoms with E-state index in [1.54, 1.807) is 0 Å². The molecule has 7 nitrogen and oxygen atoms in total. The van der Waals surface area contributed by atoms with E-state index in [9.17, 15) is 0 Å². The van der Waals surface area contributed by atoms with E-state index in [4.69, 9.17) is 13.3 Å². The highest BCUT2D eigenvalue weighted by molar-refractivity contribution is 6.16. The van der Waals surface area contributed by atoms with Crippen LogP contribution < -0.4 is 0 Å². The number of benzene rings is 13. The van der Waals surface area contributed by atoms with E-state index >= 15 is 0 Å². The fourth-order valence-corrected chi connectivity index (χ4v) is 16.0. The van der Waals surface area contributed by atoms with Gasteiger partial charge >= 0.3 is 0 Å². The summed E-state index contributed by atoms with van der Waals surface area (Å²) in [5.41, 5.74) is 25.1. The van der Waals surface area contributed by atoms with Crippen LogP contribution in [-0.4, -0.2) is 18.3 Å². The Kier molecular flexibility index (Phi) is 10.0. The van der Waals surface area contributed by atoms with Crippen LogP contribution >= 0.6 is 0 Å². The van der Waals surface area contributed by atoms with Gasteiger partial charge in [0, 0.05) is 110 Å². The molecule has 1 aliphatic carbocycles. The quantitative estimate of drug-likeness (QED) is 0.167. The van der Waals surface area contributed by atoms with Crippen LogP contribution in [0.3, 0.4) is 0 Å². The average Bonchev–Trinajstić information content (AvgIpc) is 1.63. The molecule has 0 radical (unpaired) electrons. The molecule has 92 heavy (non-hydrogen) atoms. The fourth-order valence-electron chi connectivity index (χ4n) is 16.0. The van der Waals surface area contributed by atoms with Crippen molar-refractivity contribution in [1.82, 2.24) is 18.3 Å². The first-order valence-electron chi connectivity index (χ1n) is 31.8. The van der Waals surface area contributed by atoms with Gasteiger partial charge in [-0.05, 0) is 180 Å². The van der Waals surface area contributed by atoms with Gasteiger partial charge in [0.1, 0.15) is 33.5 Å². The summed E-state index contributed by atoms with van der Waals surface area (Å²) < 4.78 is 29.4. The van der Waals surface area contributed by atoms with Crippen LogP contribution in [0.25, 0.3) is 193 Å². The predicted molar refractivity (Wildman–Crippen MR) is 381 cm³/mol. The van der Waals surface area contributed by atoms with E-state index in [0.717, 1.165) is 139 Å². The zero-order chi connectivity index (χ0) is 60.0. The van der Waals surface area contributed by atoms with E-state index in [2.05, 4.69) is 304 Å². The molecule has 0 saturated carbocycles. The third-order valence-corrected chi connectivity index (χ3v) is 20.2. The van der Waals surface area contributed by atoms with E-state index in [1.165, 1.54) is 65.5 Å². The molecular weight excluding hydrogens is 1120 g/mol. The smallest absolute Gasteiger partial charge is 0.135 e. The highest BCUT2D eigenvalue weighted by Crippen LogP contribution is 2.45. The van der Waals surface area contributed by atoms with Crippen LogP contribution in [0.2, 0.25) is 0 Å². The number of para-hydroxylation sites is 5. The lowest BCUT2D eigenvalue weighted by molar-refractivity contribution is 0.668. The Balaban J connectivity index is 0.647. The molecule has 21 rings (SSSR count). The Bertz CT molecular complexity index is 6590. The number of allylic oxidation sites excluding steroid dienone is 1. The molecule has 7 aromatic heterocycles. The summed E-state index contributed by atoms with van der Waals surface area (Å²) in [5.74, 6) is 0.403. The fraction of sp³-hybridized carbons (Fsp3) is 0.0353. The van der Waals surface area contributed by atoms with Gasteiger partial charge in [0.2, 0.25) is 0 Å². The second-order valence-electron chi connectivity index (χ2n) is 25.2. The summed E-state index contributed by atoms with van der Waals surface area (Å²) in [4.78, 5) is 0. The maximum atomic E-state index is 6.67. The highest BCUT2D eigenvalue weighted by Gasteiger charge is 2.25. The molecule has 0 saturated heterocycles. The Morgan fingerprint density at radius 2 is 0.543 bits per heavy atom. The third kappa shape index (κ3) is 6.99. The molecule has 0 amide bonds. The van der Waals surface area contributed by atoms with Crippen molar-refractivity contribution in [1.29, 1.82) is 0 Å². The van der Waals surface area contributed by atoms with Crippen LogP contribution in [0.5, 0.6) is 0 Å². The van der Waals surface area contributed by atoms with Crippen LogP contribution in [0, 0.1) is 0 Å². The lowest BCUT2D eigenvalue weighted by atomic mass is 9.93. The topological polar surface area (TPSA) is 59.1 Å². The maximum Gasteiger partial charge on any atom is 0.135 e. The van der Waals surface area contributed by atoms with E-state index in [-0.39, 0.29) is 0 Å². The van der Waals surface area contributed by atoms with E-state index in [1.807, 2.05) is 0 Å². The number of aromatic nitrogens is 4. The van der Waals surface area contributed by atoms with Crippen molar-refractivity contribution in [2.45, 2.75) is 19.3 Å². The Hall–Kier alpha value is -12.1. The summed E-state index contributed by atoms with van der Waals surface area (Å²) in [5, 5.41) is 15.1. The van der Waals surface area contributed by atoms with Gasteiger partial charge in [-0.15, -0.1) is 0 Å². The third-order valence-electron chi connectivity index (χ3n) is 20.2. The maximum absolute atomic E-state index is 6.67. The predicted octanol–water partition coefficient (Wildman–Crippen LogP) is 23.5. The molecule has 1 aliphatic rings. The molecule has 7 heteroatoms. The van der Waals surface area contributed by atoms with Crippen LogP contribution in [0.15, 0.2) is 286 Å². The minimum Gasteiger partial charge on any atom is -0.456 e. The molecule has 0 N–H and O–H groups in total. The minimum atomic E-state index is 0.403. The zero-order valence-corrected chi connectivity index (χ0v) is 49.9. The van der Waals surface area contributed by atoms with Gasteiger partial charge in [-0.3, -0.25) is 0 Å². The lowest BCUT2D eigenvalue weighted by Crippen LogP contribution is -2.06. The molecule has 1 atom stereocenters. The van der Waals surface area contributed by atoms with Gasteiger partial charge in [-0.25, -0.2) is 0 Å². The monoisotopic (exact) mass is 1180 g/mol. The van der Waals surface area contributed by atoms with Crippen molar-refractivity contribution in [2.24, 2.45) is 0 Å². The number of hydrogen-bond donors (Lipinski definition) is 0. The Morgan fingerprint density at radius 3 is 0.935 bits per heavy atom. The van der Waals surface area contributed by atoms with Crippen molar-refractivity contribution < 1.29 is 13.3 Å². The minimum absolute atomic E-state index is 0.403. The zero-order valence-electron chi connectivity index (χ0n) is 49.9. The molecule has 20 aromatic rings. The van der Waals surface area contributed by atoms with Gasteiger partial charge in [0.25, 0.3) is 0 Å². The normalized spacial score (nSPS) is 13.7. The molecule has 0 bridgehead atoms. The van der Waals surface area contributed by atoms with E-state index in [0.29, 0.717) is 5.92 Å². The number of furan rings is 3. The van der Waals surface area contributed by atoms with Crippen molar-refractivity contribution in [3.8, 4) is 45.0 Å². The average molecular weight is 1180 g/mol. The van der Waals surface area contributed by atoms with Gasteiger partial charge in [-0.2, -0.15) is 0 Å². The van der Waals surface area contributed by atoms with Crippen molar-refractivity contribution in [3.05, 3.63) is 284 Å². The molecule has 1 unspecified atom stereocenters. The summed E-state index contributed by atoms with van der Waals surface area (Å²) in [7, 11) is 0. The first-order valence-corrected chi connectivity index (χ1v) is 31.8. The van der Waals surface area contributed by atoms with E-state index < -0.39 is 0 Å². The van der Waals surface area contributed by atoms with Crippen molar-refractivity contribution in [2.75, 3.05) is 0 Å². The van der Waals surface area contributed by atoms with Gasteiger partial charge in [-0.1, -0.05) is 134 Å². The number of rotatable bonds is 6. The largest absolute Gasteiger partial charge is 0.456 e. The van der Waals surface area contributed by atoms with Gasteiger partial charge in [0.05, 0.1) is 38.6 Å². The Labute approximate surface area is 525 Å². The van der Waals surface area contributed by atoms with Crippen LogP contribution in [-0.2, 0) is 0 Å². The molecule has 0 fully saturated rings. The molecule has 13 aromatic carbocycles. The summed E-state index contributed by atoms with van der Waals surface area (Å²) in [6, 6.07) is 97.4. The molecular formula is C85H52N4O3. The SMILES string of the molecule is CC1CC=Cc2c1n(-c1ccc3oc4ccc(-c5ccc6c(c5)c5ccccc5n6-c5ccc6oc7ccc(-n8c9ccccc9c9cc(-c%10ccc%11oc%12ccc(-n%13c%14ccccc%14c%14ccccc%14%13)cc%12c%11c%10)ccc98)cc7c6c5)cc4c3c1)c1ccccc21. The summed E-state index contributed by atoms with van der Waals surface area (Å²) in [6.07, 6.45) is 5.66. The first-order chi connectivity index (χ1) is 45.5. The second kappa shape index (κ2) is 18.5. The molecule has 430 valence electrons. The van der Waals surface area contributed by atoms with Crippen molar-refractivity contribution >= 4 is 148 Å². The number of hydrogen-bond acceptors (Lipinski definition) is 3. The first kappa shape index (κ1) is 49.9.